The van der Waals surface area contributed by atoms with Crippen molar-refractivity contribution in [2.24, 2.45) is 7.05 Å². The highest BCUT2D eigenvalue weighted by Gasteiger charge is 2.32. The van der Waals surface area contributed by atoms with E-state index in [1.54, 1.807) is 47.9 Å². The number of furan rings is 1. The molecule has 0 saturated heterocycles. The summed E-state index contributed by atoms with van der Waals surface area (Å²) in [7, 11) is 1.97. The fourth-order valence-corrected chi connectivity index (χ4v) is 4.92. The number of rotatable bonds is 2. The van der Waals surface area contributed by atoms with Crippen molar-refractivity contribution >= 4 is 39.0 Å². The zero-order chi connectivity index (χ0) is 20.8. The van der Waals surface area contributed by atoms with E-state index in [2.05, 4.69) is 6.07 Å². The molecule has 30 heavy (non-hydrogen) atoms. The van der Waals surface area contributed by atoms with Gasteiger partial charge in [0.05, 0.1) is 22.2 Å². The Labute approximate surface area is 176 Å². The van der Waals surface area contributed by atoms with Crippen LogP contribution in [-0.4, -0.2) is 10.4 Å². The van der Waals surface area contributed by atoms with E-state index in [1.165, 1.54) is 0 Å². The molecule has 5 rings (SSSR count). The van der Waals surface area contributed by atoms with Gasteiger partial charge in [0.15, 0.2) is 5.78 Å². The van der Waals surface area contributed by atoms with E-state index in [9.17, 15) is 15.3 Å². The van der Waals surface area contributed by atoms with Crippen molar-refractivity contribution in [2.45, 2.75) is 0 Å². The van der Waals surface area contributed by atoms with Crippen LogP contribution in [0.3, 0.4) is 0 Å². The van der Waals surface area contributed by atoms with Crippen LogP contribution in [0.25, 0.3) is 33.3 Å². The summed E-state index contributed by atoms with van der Waals surface area (Å²) in [5.74, 6) is 0.623. The first kappa shape index (κ1) is 17.9. The fraction of sp³-hybridized carbons (Fsp3) is 0.0417. The van der Waals surface area contributed by atoms with E-state index in [0.717, 1.165) is 26.5 Å². The molecule has 0 bridgehead atoms. The number of Topliss-reactive ketones (excluding diaryl/α,β-unsaturated/α-hetero) is 1. The van der Waals surface area contributed by atoms with Crippen molar-refractivity contribution < 1.29 is 9.21 Å². The Balaban J connectivity index is 1.66. The van der Waals surface area contributed by atoms with E-state index in [4.69, 9.17) is 4.42 Å². The van der Waals surface area contributed by atoms with Crippen molar-refractivity contribution in [3.8, 4) is 23.6 Å². The Morgan fingerprint density at radius 2 is 1.87 bits per heavy atom. The maximum atomic E-state index is 13.0. The quantitative estimate of drug-likeness (QED) is 0.321. The van der Waals surface area contributed by atoms with Crippen LogP contribution in [0.15, 0.2) is 70.4 Å². The molecule has 6 heteroatoms. The number of nitriles is 2. The summed E-state index contributed by atoms with van der Waals surface area (Å²) in [6, 6.07) is 18.8. The van der Waals surface area contributed by atoms with E-state index < -0.39 is 0 Å². The largest absolute Gasteiger partial charge is 0.463 e. The van der Waals surface area contributed by atoms with Gasteiger partial charge in [0.25, 0.3) is 0 Å². The van der Waals surface area contributed by atoms with Crippen LogP contribution in [0, 0.1) is 22.7 Å². The monoisotopic (exact) mass is 407 g/mol. The smallest absolute Gasteiger partial charge is 0.194 e. The Hall–Kier alpha value is -4.13. The lowest BCUT2D eigenvalue weighted by atomic mass is 9.99. The van der Waals surface area contributed by atoms with Crippen LogP contribution in [0.2, 0.25) is 0 Å². The third-order valence-electron chi connectivity index (χ3n) is 5.24. The minimum Gasteiger partial charge on any atom is -0.463 e. The van der Waals surface area contributed by atoms with Gasteiger partial charge in [-0.2, -0.15) is 10.5 Å². The molecule has 0 unspecified atom stereocenters. The second-order valence-electron chi connectivity index (χ2n) is 6.87. The van der Waals surface area contributed by atoms with E-state index in [0.29, 0.717) is 22.3 Å². The topological polar surface area (TPSA) is 82.7 Å². The van der Waals surface area contributed by atoms with Gasteiger partial charge in [0.2, 0.25) is 0 Å². The molecule has 0 saturated carbocycles. The minimum absolute atomic E-state index is 0.0548. The van der Waals surface area contributed by atoms with Crippen LogP contribution in [-0.2, 0) is 7.05 Å². The lowest BCUT2D eigenvalue weighted by Crippen LogP contribution is -1.95. The summed E-state index contributed by atoms with van der Waals surface area (Å²) in [4.78, 5) is 13.9. The predicted octanol–water partition coefficient (Wildman–Crippen LogP) is 5.58. The molecule has 0 spiro atoms. The lowest BCUT2D eigenvalue weighted by molar-refractivity contribution is 0.104. The standard InChI is InChI=1S/C24H13N3O2S/c1-27-19(21-7-4-8-29-21)11-22-20(27)10-15(30-22)9-18-23(14(12-25)13-26)16-5-2-3-6-17(16)24(18)28/h2-11H,1H3/b18-9-. The van der Waals surface area contributed by atoms with Crippen molar-refractivity contribution in [3.05, 3.63) is 81.9 Å². The normalized spacial score (nSPS) is 14.2. The molecular weight excluding hydrogens is 394 g/mol. The highest BCUT2D eigenvalue weighted by Crippen LogP contribution is 2.41. The maximum absolute atomic E-state index is 13.0. The maximum Gasteiger partial charge on any atom is 0.194 e. The SMILES string of the molecule is Cn1c(-c2ccco2)cc2sc(/C=C3\C(=O)c4ccccc4C3=C(C#N)C#N)cc21. The zero-order valence-electron chi connectivity index (χ0n) is 15.8. The van der Waals surface area contributed by atoms with Gasteiger partial charge in [-0.05, 0) is 35.9 Å². The molecule has 0 radical (unpaired) electrons. The number of thiophene rings is 1. The Morgan fingerprint density at radius 3 is 2.53 bits per heavy atom. The van der Waals surface area contributed by atoms with Crippen molar-refractivity contribution in [1.29, 1.82) is 10.5 Å². The molecule has 1 aromatic carbocycles. The molecule has 1 aliphatic rings. The van der Waals surface area contributed by atoms with Gasteiger partial charge in [-0.3, -0.25) is 4.79 Å². The third kappa shape index (κ3) is 2.56. The fourth-order valence-electron chi connectivity index (χ4n) is 3.85. The number of carbonyl (C=O) groups is 1. The predicted molar refractivity (Wildman–Crippen MR) is 115 cm³/mol. The first-order valence-corrected chi connectivity index (χ1v) is 9.98. The van der Waals surface area contributed by atoms with Gasteiger partial charge >= 0.3 is 0 Å². The van der Waals surface area contributed by atoms with Crippen LogP contribution in [0.5, 0.6) is 0 Å². The number of carbonyl (C=O) groups excluding carboxylic acids is 1. The van der Waals surface area contributed by atoms with E-state index in [1.807, 2.05) is 42.0 Å². The summed E-state index contributed by atoms with van der Waals surface area (Å²) >= 11 is 1.55. The number of aryl methyl sites for hydroxylation is 1. The number of benzene rings is 1. The number of fused-ring (bicyclic) bond motifs is 2. The Bertz CT molecular complexity index is 1470. The highest BCUT2D eigenvalue weighted by molar-refractivity contribution is 7.19. The first-order valence-electron chi connectivity index (χ1n) is 9.16. The van der Waals surface area contributed by atoms with Gasteiger partial charge in [-0.15, -0.1) is 11.3 Å². The molecule has 1 aliphatic carbocycles. The number of nitrogens with zero attached hydrogens (tertiary/aromatic N) is 3. The molecule has 142 valence electrons. The average Bonchev–Trinajstić information content (AvgIpc) is 3.52. The van der Waals surface area contributed by atoms with Crippen LogP contribution in [0.4, 0.5) is 0 Å². The van der Waals surface area contributed by atoms with Crippen molar-refractivity contribution in [1.82, 2.24) is 4.57 Å². The number of allylic oxidation sites excluding steroid dienone is 3. The average molecular weight is 407 g/mol. The van der Waals surface area contributed by atoms with E-state index >= 15 is 0 Å². The van der Waals surface area contributed by atoms with Crippen LogP contribution in [0.1, 0.15) is 20.8 Å². The lowest BCUT2D eigenvalue weighted by Gasteiger charge is -2.01. The highest BCUT2D eigenvalue weighted by atomic mass is 32.1. The van der Waals surface area contributed by atoms with Gasteiger partial charge in [0.1, 0.15) is 23.5 Å². The molecule has 3 aromatic heterocycles. The number of ketones is 1. The summed E-state index contributed by atoms with van der Waals surface area (Å²) in [5.41, 5.74) is 3.88. The van der Waals surface area contributed by atoms with Crippen molar-refractivity contribution in [3.63, 3.8) is 0 Å². The molecule has 5 nitrogen and oxygen atoms in total. The molecule has 0 aliphatic heterocycles. The Morgan fingerprint density at radius 1 is 1.10 bits per heavy atom. The number of hydrogen-bond acceptors (Lipinski definition) is 5. The first-order chi connectivity index (χ1) is 14.6. The van der Waals surface area contributed by atoms with Crippen LogP contribution >= 0.6 is 11.3 Å². The molecule has 4 aromatic rings. The molecule has 3 heterocycles. The van der Waals surface area contributed by atoms with Gasteiger partial charge in [-0.25, -0.2) is 0 Å². The molecule has 0 atom stereocenters. The number of aromatic nitrogens is 1. The van der Waals surface area contributed by atoms with Gasteiger partial charge in [-0.1, -0.05) is 24.3 Å². The summed E-state index contributed by atoms with van der Waals surface area (Å²) in [6.07, 6.45) is 3.43. The molecule has 0 amide bonds. The van der Waals surface area contributed by atoms with Gasteiger partial charge < -0.3 is 8.98 Å². The van der Waals surface area contributed by atoms with Crippen LogP contribution < -0.4 is 0 Å². The molecule has 0 fully saturated rings. The molecular formula is C24H13N3O2S. The summed E-state index contributed by atoms with van der Waals surface area (Å²) in [6.45, 7) is 0. The third-order valence-corrected chi connectivity index (χ3v) is 6.26. The minimum atomic E-state index is -0.169. The van der Waals surface area contributed by atoms with Gasteiger partial charge in [0, 0.05) is 28.6 Å². The number of hydrogen-bond donors (Lipinski definition) is 0. The van der Waals surface area contributed by atoms with Crippen molar-refractivity contribution in [2.75, 3.05) is 0 Å². The zero-order valence-corrected chi connectivity index (χ0v) is 16.7. The summed E-state index contributed by atoms with van der Waals surface area (Å²) in [5, 5.41) is 18.9. The summed E-state index contributed by atoms with van der Waals surface area (Å²) < 4.78 is 8.62. The second kappa shape index (κ2) is 6.73. The molecule has 0 N–H and O–H groups in total. The second-order valence-corrected chi connectivity index (χ2v) is 7.99. The Kier molecular flexibility index (Phi) is 4.03. The van der Waals surface area contributed by atoms with E-state index in [-0.39, 0.29) is 11.4 Å².